The Kier molecular flexibility index (Phi) is 9.63. The average molecular weight is 547 g/mol. The smallest absolute Gasteiger partial charge is 0.241 e. The fourth-order valence-corrected chi connectivity index (χ4v) is 4.86. The summed E-state index contributed by atoms with van der Waals surface area (Å²) in [5.41, 5.74) is 6.52. The minimum Gasteiger partial charge on any atom is -0.493 e. The Hall–Kier alpha value is -4.08. The molecule has 0 saturated heterocycles. The molecule has 0 aliphatic carbocycles. The number of benzene rings is 3. The zero-order valence-electron chi connectivity index (χ0n) is 23.7. The fraction of sp³-hybridized carbons (Fsp3) is 0.355. The Balaban J connectivity index is 1.49. The van der Waals surface area contributed by atoms with E-state index in [0.29, 0.717) is 30.3 Å². The Bertz CT molecular complexity index is 1350. The normalized spacial score (nSPS) is 14.8. The van der Waals surface area contributed by atoms with E-state index in [9.17, 15) is 9.59 Å². The molecule has 9 nitrogen and oxygen atoms in total. The van der Waals surface area contributed by atoms with Crippen LogP contribution in [0.25, 0.3) is 0 Å². The molecule has 3 aromatic rings. The molecule has 2 atom stereocenters. The van der Waals surface area contributed by atoms with Gasteiger partial charge in [-0.25, -0.2) is 0 Å². The van der Waals surface area contributed by atoms with Gasteiger partial charge in [-0.05, 0) is 79.9 Å². The first-order valence-corrected chi connectivity index (χ1v) is 13.3. The van der Waals surface area contributed by atoms with Crippen molar-refractivity contribution in [1.82, 2.24) is 5.32 Å². The van der Waals surface area contributed by atoms with Crippen LogP contribution in [0.1, 0.15) is 29.2 Å². The van der Waals surface area contributed by atoms with Gasteiger partial charge in [-0.1, -0.05) is 18.2 Å². The van der Waals surface area contributed by atoms with Crippen LogP contribution in [0.15, 0.2) is 54.6 Å². The predicted octanol–water partition coefficient (Wildman–Crippen LogP) is 4.28. The van der Waals surface area contributed by atoms with E-state index in [1.54, 1.807) is 33.1 Å². The molecule has 4 rings (SSSR count). The van der Waals surface area contributed by atoms with Gasteiger partial charge in [0.15, 0.2) is 11.5 Å². The highest BCUT2D eigenvalue weighted by Gasteiger charge is 2.28. The quantitative estimate of drug-likeness (QED) is 0.275. The lowest BCUT2D eigenvalue weighted by molar-refractivity contribution is -0.117. The molecule has 0 saturated carbocycles. The number of amides is 2. The number of rotatable bonds is 13. The lowest BCUT2D eigenvalue weighted by atomic mass is 10.1. The zero-order valence-corrected chi connectivity index (χ0v) is 23.7. The van der Waals surface area contributed by atoms with Crippen molar-refractivity contribution < 1.29 is 23.8 Å². The molecule has 2 amide bonds. The van der Waals surface area contributed by atoms with E-state index >= 15 is 0 Å². The number of aryl methyl sites for hydroxylation is 1. The summed E-state index contributed by atoms with van der Waals surface area (Å²) in [5, 5.41) is 9.41. The second-order valence-corrected chi connectivity index (χ2v) is 9.96. The standard InChI is InChI=1S/C31H38N4O5/c1-20-10-29(39-5)30(15-27(20)33-16-26-14-24-8-6-7-9-28(24)35(26)19-36)40-18-23-11-22(17-38-4)12-25(13-23)34-31(37)21(2)32-3/h6-13,15,19,21,26,32-33H,14,16-18H2,1-5H3,(H,34,37). The predicted molar refractivity (Wildman–Crippen MR) is 157 cm³/mol. The first kappa shape index (κ1) is 28.9. The van der Waals surface area contributed by atoms with Gasteiger partial charge in [0.2, 0.25) is 12.3 Å². The fourth-order valence-electron chi connectivity index (χ4n) is 4.86. The summed E-state index contributed by atoms with van der Waals surface area (Å²) in [6.45, 7) is 5.06. The summed E-state index contributed by atoms with van der Waals surface area (Å²) < 4.78 is 17.2. The third kappa shape index (κ3) is 6.73. The molecule has 0 radical (unpaired) electrons. The lowest BCUT2D eigenvalue weighted by Crippen LogP contribution is -2.36. The van der Waals surface area contributed by atoms with Gasteiger partial charge in [0.1, 0.15) is 6.61 Å². The molecular formula is C31H38N4O5. The summed E-state index contributed by atoms with van der Waals surface area (Å²) in [6.07, 6.45) is 1.70. The number of methoxy groups -OCH3 is 2. The first-order valence-electron chi connectivity index (χ1n) is 13.3. The van der Waals surface area contributed by atoms with Crippen molar-refractivity contribution in [3.8, 4) is 11.5 Å². The number of carbonyl (C=O) groups excluding carboxylic acids is 2. The lowest BCUT2D eigenvalue weighted by Gasteiger charge is -2.23. The van der Waals surface area contributed by atoms with Crippen LogP contribution in [-0.2, 0) is 34.0 Å². The van der Waals surface area contributed by atoms with Gasteiger partial charge in [-0.2, -0.15) is 0 Å². The van der Waals surface area contributed by atoms with Gasteiger partial charge in [0.25, 0.3) is 0 Å². The maximum atomic E-state index is 12.4. The van der Waals surface area contributed by atoms with E-state index in [2.05, 4.69) is 22.0 Å². The molecule has 212 valence electrons. The van der Waals surface area contributed by atoms with Crippen LogP contribution in [0.2, 0.25) is 0 Å². The molecule has 0 fully saturated rings. The van der Waals surface area contributed by atoms with Crippen LogP contribution in [0, 0.1) is 6.92 Å². The third-order valence-electron chi connectivity index (χ3n) is 7.12. The molecule has 1 aliphatic rings. The Labute approximate surface area is 235 Å². The van der Waals surface area contributed by atoms with Crippen molar-refractivity contribution in [2.24, 2.45) is 0 Å². The van der Waals surface area contributed by atoms with E-state index in [-0.39, 0.29) is 24.6 Å². The SMILES string of the molecule is CNC(C)C(=O)Nc1cc(COC)cc(COc2cc(NCC3Cc4ccccc4N3C=O)c(C)cc2OC)c1. The van der Waals surface area contributed by atoms with Crippen LogP contribution in [0.5, 0.6) is 11.5 Å². The highest BCUT2D eigenvalue weighted by Crippen LogP contribution is 2.35. The van der Waals surface area contributed by atoms with Gasteiger partial charge in [-0.15, -0.1) is 0 Å². The molecule has 2 unspecified atom stereocenters. The maximum Gasteiger partial charge on any atom is 0.241 e. The molecule has 3 N–H and O–H groups in total. The minimum absolute atomic E-state index is 0.0172. The highest BCUT2D eigenvalue weighted by molar-refractivity contribution is 5.94. The zero-order chi connectivity index (χ0) is 28.6. The van der Waals surface area contributed by atoms with Crippen molar-refractivity contribution in [2.75, 3.05) is 43.3 Å². The van der Waals surface area contributed by atoms with Crippen LogP contribution in [-0.4, -0.2) is 52.2 Å². The molecule has 0 spiro atoms. The molecule has 1 heterocycles. The number of fused-ring (bicyclic) bond motifs is 1. The second kappa shape index (κ2) is 13.3. The van der Waals surface area contributed by atoms with Gasteiger partial charge in [0, 0.05) is 36.8 Å². The van der Waals surface area contributed by atoms with E-state index < -0.39 is 0 Å². The average Bonchev–Trinajstić information content (AvgIpc) is 3.32. The van der Waals surface area contributed by atoms with Crippen LogP contribution >= 0.6 is 0 Å². The molecule has 40 heavy (non-hydrogen) atoms. The third-order valence-corrected chi connectivity index (χ3v) is 7.12. The van der Waals surface area contributed by atoms with Crippen molar-refractivity contribution >= 4 is 29.4 Å². The van der Waals surface area contributed by atoms with Gasteiger partial charge < -0.3 is 35.1 Å². The number of nitrogens with zero attached hydrogens (tertiary/aromatic N) is 1. The first-order chi connectivity index (χ1) is 19.4. The largest absolute Gasteiger partial charge is 0.493 e. The number of likely N-dealkylation sites (N-methyl/N-ethyl adjacent to an activating group) is 1. The molecule has 0 aromatic heterocycles. The second-order valence-electron chi connectivity index (χ2n) is 9.96. The number of ether oxygens (including phenoxy) is 3. The molecule has 1 aliphatic heterocycles. The molecule has 9 heteroatoms. The summed E-state index contributed by atoms with van der Waals surface area (Å²) in [7, 11) is 4.99. The van der Waals surface area contributed by atoms with Crippen molar-refractivity contribution in [2.45, 2.75) is 45.6 Å². The number of carbonyl (C=O) groups is 2. The number of anilines is 3. The van der Waals surface area contributed by atoms with Gasteiger partial charge in [0.05, 0.1) is 25.8 Å². The van der Waals surface area contributed by atoms with Gasteiger partial charge >= 0.3 is 0 Å². The van der Waals surface area contributed by atoms with Crippen LogP contribution < -0.4 is 30.3 Å². The molecular weight excluding hydrogens is 508 g/mol. The number of para-hydroxylation sites is 1. The van der Waals surface area contributed by atoms with Crippen molar-refractivity contribution in [3.63, 3.8) is 0 Å². The van der Waals surface area contributed by atoms with E-state index in [4.69, 9.17) is 14.2 Å². The van der Waals surface area contributed by atoms with E-state index in [0.717, 1.165) is 40.9 Å². The number of hydrogen-bond acceptors (Lipinski definition) is 7. The summed E-state index contributed by atoms with van der Waals surface area (Å²) in [6, 6.07) is 17.3. The van der Waals surface area contributed by atoms with Crippen LogP contribution in [0.3, 0.4) is 0 Å². The highest BCUT2D eigenvalue weighted by atomic mass is 16.5. The van der Waals surface area contributed by atoms with Crippen molar-refractivity contribution in [3.05, 3.63) is 76.9 Å². The monoisotopic (exact) mass is 546 g/mol. The van der Waals surface area contributed by atoms with E-state index in [1.165, 1.54) is 5.56 Å². The summed E-state index contributed by atoms with van der Waals surface area (Å²) in [5.74, 6) is 1.08. The molecule has 0 bridgehead atoms. The van der Waals surface area contributed by atoms with Crippen LogP contribution in [0.4, 0.5) is 17.1 Å². The van der Waals surface area contributed by atoms with Crippen molar-refractivity contribution in [1.29, 1.82) is 0 Å². The Morgan fingerprint density at radius 2 is 1.82 bits per heavy atom. The number of nitrogens with one attached hydrogen (secondary N) is 3. The maximum absolute atomic E-state index is 12.4. The summed E-state index contributed by atoms with van der Waals surface area (Å²) in [4.78, 5) is 26.1. The van der Waals surface area contributed by atoms with E-state index in [1.807, 2.05) is 55.5 Å². The Morgan fingerprint density at radius 1 is 1.07 bits per heavy atom. The Morgan fingerprint density at radius 3 is 2.52 bits per heavy atom. The topological polar surface area (TPSA) is 101 Å². The molecule has 3 aromatic carbocycles. The van der Waals surface area contributed by atoms with Gasteiger partial charge in [-0.3, -0.25) is 9.59 Å². The number of hydrogen-bond donors (Lipinski definition) is 3. The summed E-state index contributed by atoms with van der Waals surface area (Å²) >= 11 is 0. The minimum atomic E-state index is -0.328.